The van der Waals surface area contributed by atoms with Gasteiger partial charge in [0, 0.05) is 60.4 Å². The van der Waals surface area contributed by atoms with Crippen LogP contribution in [0.4, 0.5) is 0 Å². The number of hydrogen-bond acceptors (Lipinski definition) is 7. The summed E-state index contributed by atoms with van der Waals surface area (Å²) in [6, 6.07) is 72.3. The van der Waals surface area contributed by atoms with Gasteiger partial charge < -0.3 is 0 Å². The van der Waals surface area contributed by atoms with Gasteiger partial charge in [-0.05, 0) is 63.0 Å². The van der Waals surface area contributed by atoms with Crippen LogP contribution in [0.3, 0.4) is 0 Å². The van der Waals surface area contributed by atoms with E-state index in [-0.39, 0.29) is 11.8 Å². The molecule has 14 rings (SSSR count). The zero-order valence-electron chi connectivity index (χ0n) is 34.9. The highest BCUT2D eigenvalue weighted by atomic mass is 32.1. The molecule has 6 nitrogen and oxygen atoms in total. The molecule has 65 heavy (non-hydrogen) atoms. The van der Waals surface area contributed by atoms with Crippen molar-refractivity contribution in [1.82, 2.24) is 29.9 Å². The van der Waals surface area contributed by atoms with Crippen molar-refractivity contribution in [1.29, 1.82) is 0 Å². The van der Waals surface area contributed by atoms with Gasteiger partial charge in [0.05, 0.1) is 0 Å². The molecule has 0 N–H and O–H groups in total. The molecule has 3 aliphatic carbocycles. The molecule has 0 amide bonds. The molecule has 3 aromatic heterocycles. The largest absolute Gasteiger partial charge is 0.208 e. The van der Waals surface area contributed by atoms with Gasteiger partial charge in [0.25, 0.3) is 0 Å². The van der Waals surface area contributed by atoms with Gasteiger partial charge in [0.1, 0.15) is 0 Å². The van der Waals surface area contributed by atoms with Gasteiger partial charge in [-0.25, -0.2) is 29.9 Å². The molecule has 3 heterocycles. The van der Waals surface area contributed by atoms with Crippen LogP contribution in [-0.4, -0.2) is 29.9 Å². The predicted octanol–water partition coefficient (Wildman–Crippen LogP) is 13.9. The van der Waals surface area contributed by atoms with E-state index in [0.29, 0.717) is 34.9 Å². The minimum atomic E-state index is 0.0249. The van der Waals surface area contributed by atoms with E-state index >= 15 is 0 Å². The van der Waals surface area contributed by atoms with Crippen molar-refractivity contribution in [3.05, 3.63) is 240 Å². The van der Waals surface area contributed by atoms with Crippen molar-refractivity contribution >= 4 is 21.4 Å². The zero-order valence-corrected chi connectivity index (χ0v) is 35.7. The lowest BCUT2D eigenvalue weighted by molar-refractivity contribution is 0.754. The second kappa shape index (κ2) is 15.2. The normalized spacial score (nSPS) is 14.5. The first-order chi connectivity index (χ1) is 32.2. The Labute approximate surface area is 379 Å². The van der Waals surface area contributed by atoms with E-state index in [1.165, 1.54) is 48.3 Å². The quantitative estimate of drug-likeness (QED) is 0.159. The van der Waals surface area contributed by atoms with Gasteiger partial charge in [-0.1, -0.05) is 182 Å². The Morgan fingerprint density at radius 2 is 0.662 bits per heavy atom. The molecule has 2 unspecified atom stereocenters. The van der Waals surface area contributed by atoms with Crippen LogP contribution in [0.1, 0.15) is 45.2 Å². The Morgan fingerprint density at radius 1 is 0.277 bits per heavy atom. The summed E-state index contributed by atoms with van der Waals surface area (Å²) in [4.78, 5) is 32.0. The van der Waals surface area contributed by atoms with Crippen LogP contribution in [0.15, 0.2) is 206 Å². The van der Waals surface area contributed by atoms with E-state index in [0.717, 1.165) is 38.9 Å². The lowest BCUT2D eigenvalue weighted by Crippen LogP contribution is -2.27. The van der Waals surface area contributed by atoms with E-state index in [1.807, 2.05) is 78.9 Å². The van der Waals surface area contributed by atoms with Gasteiger partial charge in [0.2, 0.25) is 0 Å². The molecular formula is C58H36N6S. The molecule has 3 aliphatic rings. The highest BCUT2D eigenvalue weighted by molar-refractivity contribution is 7.22. The van der Waals surface area contributed by atoms with Gasteiger partial charge in [-0.15, -0.1) is 11.3 Å². The SMILES string of the molecule is c1ccc(-c2nc(-c3ccccc3)nc(-c3ccc4c(c3)C3c5ccccc5C4c4cc(-c5nc(-c6ccccc6)nc(-c6ccccc6-c6cc7ccccc7s6)n5)ccc43)n2)cc1. The number of benzene rings is 8. The van der Waals surface area contributed by atoms with Crippen LogP contribution in [0.2, 0.25) is 0 Å². The second-order valence-electron chi connectivity index (χ2n) is 16.6. The smallest absolute Gasteiger partial charge is 0.164 e. The molecule has 11 aromatic rings. The average molecular weight is 849 g/mol. The van der Waals surface area contributed by atoms with Crippen molar-refractivity contribution in [2.75, 3.05) is 0 Å². The van der Waals surface area contributed by atoms with E-state index < -0.39 is 0 Å². The summed E-state index contributed by atoms with van der Waals surface area (Å²) in [6.45, 7) is 0. The number of aromatic nitrogens is 6. The summed E-state index contributed by atoms with van der Waals surface area (Å²) in [7, 11) is 0. The summed E-state index contributed by atoms with van der Waals surface area (Å²) >= 11 is 1.79. The molecule has 2 bridgehead atoms. The second-order valence-corrected chi connectivity index (χ2v) is 17.7. The molecule has 8 aromatic carbocycles. The number of fused-ring (bicyclic) bond motifs is 1. The van der Waals surface area contributed by atoms with Crippen LogP contribution >= 0.6 is 11.3 Å². The number of thiophene rings is 1. The lowest BCUT2D eigenvalue weighted by Gasteiger charge is -2.42. The summed E-state index contributed by atoms with van der Waals surface area (Å²) in [6.07, 6.45) is 0. The number of hydrogen-bond donors (Lipinski definition) is 0. The molecule has 0 radical (unpaired) electrons. The van der Waals surface area contributed by atoms with Crippen molar-refractivity contribution in [2.24, 2.45) is 0 Å². The molecule has 2 atom stereocenters. The fraction of sp³-hybridized carbons (Fsp3) is 0.0345. The molecule has 7 heteroatoms. The standard InChI is InChI=1S/C58H36N6S/c1-4-16-35(17-5-1)53-59-54(36-18-6-2-7-19-36)61-56(60-53)39-28-30-44-47(32-39)51-42-24-12-13-25-43(42)52(44)48-33-40(29-31-45(48)51)57-62-55(37-20-8-3-9-21-37)63-58(64-57)46-26-14-11-23-41(46)50-34-38-22-10-15-27-49(38)65-50/h1-34,51-52H. The third-order valence-electron chi connectivity index (χ3n) is 12.8. The van der Waals surface area contributed by atoms with Crippen molar-refractivity contribution in [2.45, 2.75) is 11.8 Å². The minimum Gasteiger partial charge on any atom is -0.208 e. The van der Waals surface area contributed by atoms with Crippen molar-refractivity contribution in [3.8, 4) is 78.8 Å². The third kappa shape index (κ3) is 6.39. The van der Waals surface area contributed by atoms with E-state index in [9.17, 15) is 0 Å². The minimum absolute atomic E-state index is 0.0249. The highest BCUT2D eigenvalue weighted by Crippen LogP contribution is 2.56. The fourth-order valence-corrected chi connectivity index (χ4v) is 10.9. The Balaban J connectivity index is 0.941. The van der Waals surface area contributed by atoms with E-state index in [4.69, 9.17) is 29.9 Å². The molecule has 0 saturated carbocycles. The molecule has 0 spiro atoms. The topological polar surface area (TPSA) is 77.3 Å². The number of rotatable bonds is 7. The monoisotopic (exact) mass is 848 g/mol. The Morgan fingerprint density at radius 3 is 1.15 bits per heavy atom. The van der Waals surface area contributed by atoms with Gasteiger partial charge in [0.15, 0.2) is 34.9 Å². The summed E-state index contributed by atoms with van der Waals surface area (Å²) in [5.41, 5.74) is 14.6. The average Bonchev–Trinajstić information content (AvgIpc) is 3.83. The van der Waals surface area contributed by atoms with Crippen LogP contribution in [0, 0.1) is 0 Å². The maximum atomic E-state index is 5.31. The predicted molar refractivity (Wildman–Crippen MR) is 261 cm³/mol. The third-order valence-corrected chi connectivity index (χ3v) is 13.9. The van der Waals surface area contributed by atoms with Gasteiger partial charge >= 0.3 is 0 Å². The fourth-order valence-electron chi connectivity index (χ4n) is 9.78. The van der Waals surface area contributed by atoms with Gasteiger partial charge in [-0.2, -0.15) is 0 Å². The Kier molecular flexibility index (Phi) is 8.74. The Bertz CT molecular complexity index is 3530. The first-order valence-electron chi connectivity index (χ1n) is 21.8. The molecule has 304 valence electrons. The van der Waals surface area contributed by atoms with Crippen molar-refractivity contribution in [3.63, 3.8) is 0 Å². The summed E-state index contributed by atoms with van der Waals surface area (Å²) in [5, 5.41) is 1.23. The first-order valence-corrected chi connectivity index (χ1v) is 22.7. The first kappa shape index (κ1) is 37.3. The lowest BCUT2D eigenvalue weighted by atomic mass is 9.61. The van der Waals surface area contributed by atoms with Crippen LogP contribution in [0.5, 0.6) is 0 Å². The van der Waals surface area contributed by atoms with Crippen LogP contribution in [-0.2, 0) is 0 Å². The maximum absolute atomic E-state index is 5.31. The molecular weight excluding hydrogens is 813 g/mol. The number of nitrogens with zero attached hydrogens (tertiary/aromatic N) is 6. The highest BCUT2D eigenvalue weighted by Gasteiger charge is 2.41. The molecule has 0 saturated heterocycles. The van der Waals surface area contributed by atoms with E-state index in [2.05, 4.69) is 127 Å². The van der Waals surface area contributed by atoms with Gasteiger partial charge in [-0.3, -0.25) is 0 Å². The van der Waals surface area contributed by atoms with Crippen LogP contribution < -0.4 is 0 Å². The van der Waals surface area contributed by atoms with Crippen molar-refractivity contribution < 1.29 is 0 Å². The zero-order chi connectivity index (χ0) is 42.8. The Hall–Kier alpha value is -8.26. The van der Waals surface area contributed by atoms with Crippen LogP contribution in [0.25, 0.3) is 88.9 Å². The van der Waals surface area contributed by atoms with E-state index in [1.54, 1.807) is 11.3 Å². The maximum Gasteiger partial charge on any atom is 0.164 e. The summed E-state index contributed by atoms with van der Waals surface area (Å²) in [5.74, 6) is 3.94. The molecule has 0 aliphatic heterocycles. The molecule has 0 fully saturated rings. The summed E-state index contributed by atoms with van der Waals surface area (Å²) < 4.78 is 1.25.